The highest BCUT2D eigenvalue weighted by atomic mass is 32.2. The number of carbonyl (C=O) groups is 1. The van der Waals surface area contributed by atoms with Crippen LogP contribution in [-0.4, -0.2) is 44.9 Å². The summed E-state index contributed by atoms with van der Waals surface area (Å²) in [5.74, 6) is 1.14. The number of amides is 1. The minimum atomic E-state index is -3.32. The second-order valence-electron chi connectivity index (χ2n) is 8.01. The van der Waals surface area contributed by atoms with Crippen molar-refractivity contribution in [3.63, 3.8) is 0 Å². The van der Waals surface area contributed by atoms with Crippen LogP contribution in [0.3, 0.4) is 0 Å². The van der Waals surface area contributed by atoms with Crippen LogP contribution < -0.4 is 14.8 Å². The number of piperidine rings is 1. The Morgan fingerprint density at radius 3 is 2.39 bits per heavy atom. The molecule has 8 heteroatoms. The van der Waals surface area contributed by atoms with Crippen LogP contribution >= 0.6 is 0 Å². The summed E-state index contributed by atoms with van der Waals surface area (Å²) in [6.45, 7) is 4.15. The number of sulfonamides is 1. The van der Waals surface area contributed by atoms with E-state index in [0.29, 0.717) is 48.9 Å². The molecule has 1 atom stereocenters. The molecule has 0 radical (unpaired) electrons. The number of nitrogens with one attached hydrogen (secondary N) is 1. The number of carbonyl (C=O) groups excluding carboxylic acids is 1. The van der Waals surface area contributed by atoms with Crippen LogP contribution in [-0.2, 0) is 15.8 Å². The zero-order valence-electron chi connectivity index (χ0n) is 17.7. The summed E-state index contributed by atoms with van der Waals surface area (Å²) >= 11 is 0. The highest BCUT2D eigenvalue weighted by molar-refractivity contribution is 7.88. The summed E-state index contributed by atoms with van der Waals surface area (Å²) in [7, 11) is -3.32. The van der Waals surface area contributed by atoms with Crippen molar-refractivity contribution in [2.24, 2.45) is 0 Å². The molecular weight excluding hydrogens is 416 g/mol. The van der Waals surface area contributed by atoms with Gasteiger partial charge in [-0.05, 0) is 55.2 Å². The van der Waals surface area contributed by atoms with Crippen molar-refractivity contribution in [1.29, 1.82) is 0 Å². The SMILES string of the molecule is C[C@H](NC(=O)c1ccc(CS(=O)(=O)N2CCCCC2)cc1)c1ccc2c(c1)OCCO2. The summed E-state index contributed by atoms with van der Waals surface area (Å²) in [5, 5.41) is 2.98. The fourth-order valence-electron chi connectivity index (χ4n) is 3.89. The standard InChI is InChI=1S/C23H28N2O5S/c1-17(20-9-10-21-22(15-20)30-14-13-29-21)24-23(26)19-7-5-18(6-8-19)16-31(27,28)25-11-3-2-4-12-25/h5-10,15,17H,2-4,11-14,16H2,1H3,(H,24,26)/t17-/m0/s1. The lowest BCUT2D eigenvalue weighted by Gasteiger charge is -2.25. The molecule has 4 rings (SSSR count). The fraction of sp³-hybridized carbons (Fsp3) is 0.435. The van der Waals surface area contributed by atoms with Crippen molar-refractivity contribution in [1.82, 2.24) is 9.62 Å². The number of ether oxygens (including phenoxy) is 2. The highest BCUT2D eigenvalue weighted by Crippen LogP contribution is 2.32. The Hall–Kier alpha value is -2.58. The number of benzene rings is 2. The topological polar surface area (TPSA) is 84.9 Å². The maximum Gasteiger partial charge on any atom is 0.251 e. The van der Waals surface area contributed by atoms with E-state index < -0.39 is 10.0 Å². The zero-order valence-corrected chi connectivity index (χ0v) is 18.5. The van der Waals surface area contributed by atoms with E-state index in [1.54, 1.807) is 28.6 Å². The van der Waals surface area contributed by atoms with Gasteiger partial charge in [0, 0.05) is 18.7 Å². The molecule has 1 saturated heterocycles. The average Bonchev–Trinajstić information content (AvgIpc) is 2.79. The van der Waals surface area contributed by atoms with E-state index in [2.05, 4.69) is 5.32 Å². The molecule has 1 fully saturated rings. The van der Waals surface area contributed by atoms with Gasteiger partial charge in [-0.25, -0.2) is 12.7 Å². The number of rotatable bonds is 6. The zero-order chi connectivity index (χ0) is 21.8. The van der Waals surface area contributed by atoms with Gasteiger partial charge in [-0.3, -0.25) is 4.79 Å². The molecule has 0 spiro atoms. The van der Waals surface area contributed by atoms with E-state index in [1.165, 1.54) is 0 Å². The average molecular weight is 445 g/mol. The summed E-state index contributed by atoms with van der Waals surface area (Å²) in [4.78, 5) is 12.7. The summed E-state index contributed by atoms with van der Waals surface area (Å²) in [6, 6.07) is 12.2. The molecule has 0 aromatic heterocycles. The minimum absolute atomic E-state index is 0.0392. The lowest BCUT2D eigenvalue weighted by molar-refractivity contribution is 0.0939. The maximum absolute atomic E-state index is 12.7. The Bertz CT molecular complexity index is 1030. The van der Waals surface area contributed by atoms with Crippen LogP contribution in [0, 0.1) is 0 Å². The molecule has 1 N–H and O–H groups in total. The second-order valence-corrected chi connectivity index (χ2v) is 9.98. The van der Waals surface area contributed by atoms with Crippen LogP contribution in [0.1, 0.15) is 53.7 Å². The minimum Gasteiger partial charge on any atom is -0.486 e. The van der Waals surface area contributed by atoms with Crippen LogP contribution in [0.15, 0.2) is 42.5 Å². The van der Waals surface area contributed by atoms with E-state index in [4.69, 9.17) is 9.47 Å². The van der Waals surface area contributed by atoms with E-state index in [9.17, 15) is 13.2 Å². The Morgan fingerprint density at radius 1 is 1.00 bits per heavy atom. The van der Waals surface area contributed by atoms with Gasteiger partial charge in [-0.15, -0.1) is 0 Å². The number of fused-ring (bicyclic) bond motifs is 1. The van der Waals surface area contributed by atoms with Gasteiger partial charge in [0.05, 0.1) is 11.8 Å². The maximum atomic E-state index is 12.7. The quantitative estimate of drug-likeness (QED) is 0.739. The molecule has 31 heavy (non-hydrogen) atoms. The molecule has 0 aliphatic carbocycles. The van der Waals surface area contributed by atoms with Gasteiger partial charge in [0.15, 0.2) is 11.5 Å². The molecule has 166 valence electrons. The normalized spacial score (nSPS) is 17.7. The Labute approximate surface area is 183 Å². The van der Waals surface area contributed by atoms with Crippen molar-refractivity contribution < 1.29 is 22.7 Å². The summed E-state index contributed by atoms with van der Waals surface area (Å²) < 4.78 is 37.9. The van der Waals surface area contributed by atoms with E-state index in [-0.39, 0.29) is 17.7 Å². The molecule has 1 amide bonds. The molecule has 0 bridgehead atoms. The van der Waals surface area contributed by atoms with Gasteiger partial charge < -0.3 is 14.8 Å². The monoisotopic (exact) mass is 444 g/mol. The van der Waals surface area contributed by atoms with Crippen molar-refractivity contribution in [2.75, 3.05) is 26.3 Å². The number of nitrogens with zero attached hydrogens (tertiary/aromatic N) is 1. The molecule has 7 nitrogen and oxygen atoms in total. The van der Waals surface area contributed by atoms with Gasteiger partial charge in [0.2, 0.25) is 10.0 Å². The number of hydrogen-bond acceptors (Lipinski definition) is 5. The Kier molecular flexibility index (Phi) is 6.48. The van der Waals surface area contributed by atoms with Crippen molar-refractivity contribution in [2.45, 2.75) is 38.0 Å². The third-order valence-corrected chi connectivity index (χ3v) is 7.54. The molecule has 0 unspecified atom stereocenters. The molecule has 2 aromatic rings. The van der Waals surface area contributed by atoms with Crippen molar-refractivity contribution in [3.8, 4) is 11.5 Å². The largest absolute Gasteiger partial charge is 0.486 e. The van der Waals surface area contributed by atoms with E-state index in [0.717, 1.165) is 24.8 Å². The van der Waals surface area contributed by atoms with Gasteiger partial charge in [-0.1, -0.05) is 24.6 Å². The molecular formula is C23H28N2O5S. The molecule has 2 aromatic carbocycles. The molecule has 2 aliphatic heterocycles. The second kappa shape index (κ2) is 9.28. The predicted molar refractivity (Wildman–Crippen MR) is 118 cm³/mol. The fourth-order valence-corrected chi connectivity index (χ4v) is 5.50. The molecule has 2 heterocycles. The Balaban J connectivity index is 1.38. The first-order valence-corrected chi connectivity index (χ1v) is 12.3. The van der Waals surface area contributed by atoms with Crippen LogP contribution in [0.25, 0.3) is 0 Å². The predicted octanol–water partition coefficient (Wildman–Crippen LogP) is 3.26. The third kappa shape index (κ3) is 5.19. The van der Waals surface area contributed by atoms with Gasteiger partial charge in [-0.2, -0.15) is 0 Å². The number of hydrogen-bond donors (Lipinski definition) is 1. The lowest BCUT2D eigenvalue weighted by Crippen LogP contribution is -2.36. The first kappa shape index (κ1) is 21.6. The Morgan fingerprint density at radius 2 is 1.68 bits per heavy atom. The van der Waals surface area contributed by atoms with Crippen molar-refractivity contribution in [3.05, 3.63) is 59.2 Å². The lowest BCUT2D eigenvalue weighted by atomic mass is 10.1. The summed E-state index contributed by atoms with van der Waals surface area (Å²) in [6.07, 6.45) is 2.92. The smallest absolute Gasteiger partial charge is 0.251 e. The van der Waals surface area contributed by atoms with E-state index >= 15 is 0 Å². The van der Waals surface area contributed by atoms with Gasteiger partial charge in [0.25, 0.3) is 5.91 Å². The van der Waals surface area contributed by atoms with Crippen molar-refractivity contribution >= 4 is 15.9 Å². The van der Waals surface area contributed by atoms with Crippen LogP contribution in [0.4, 0.5) is 0 Å². The third-order valence-electron chi connectivity index (χ3n) is 5.69. The van der Waals surface area contributed by atoms with Crippen LogP contribution in [0.2, 0.25) is 0 Å². The molecule has 0 saturated carbocycles. The summed E-state index contributed by atoms with van der Waals surface area (Å²) in [5.41, 5.74) is 2.09. The highest BCUT2D eigenvalue weighted by Gasteiger charge is 2.24. The first-order valence-electron chi connectivity index (χ1n) is 10.7. The van der Waals surface area contributed by atoms with Crippen LogP contribution in [0.5, 0.6) is 11.5 Å². The first-order chi connectivity index (χ1) is 14.9. The van der Waals surface area contributed by atoms with Gasteiger partial charge >= 0.3 is 0 Å². The van der Waals surface area contributed by atoms with E-state index in [1.807, 2.05) is 25.1 Å². The molecule has 2 aliphatic rings. The van der Waals surface area contributed by atoms with Gasteiger partial charge in [0.1, 0.15) is 13.2 Å².